The van der Waals surface area contributed by atoms with E-state index in [1.807, 2.05) is 19.9 Å². The molecule has 0 saturated heterocycles. The Morgan fingerprint density at radius 1 is 1.37 bits per heavy atom. The van der Waals surface area contributed by atoms with E-state index in [9.17, 15) is 5.11 Å². The number of benzene rings is 1. The zero-order chi connectivity index (χ0) is 14.3. The van der Waals surface area contributed by atoms with E-state index in [2.05, 4.69) is 37.9 Å². The summed E-state index contributed by atoms with van der Waals surface area (Å²) in [5.74, 6) is 0.708. The molecule has 0 unspecified atom stereocenters. The first-order chi connectivity index (χ1) is 8.75. The quantitative estimate of drug-likeness (QED) is 0.909. The van der Waals surface area contributed by atoms with Crippen LogP contribution in [-0.2, 0) is 10.2 Å². The molecule has 3 heteroatoms. The molecule has 0 fully saturated rings. The number of ether oxygens (including phenoxy) is 1. The summed E-state index contributed by atoms with van der Waals surface area (Å²) in [7, 11) is 0. The molecule has 0 aromatic heterocycles. The van der Waals surface area contributed by atoms with Crippen molar-refractivity contribution in [2.24, 2.45) is 4.99 Å². The van der Waals surface area contributed by atoms with E-state index in [1.165, 1.54) is 5.56 Å². The molecule has 3 nitrogen and oxygen atoms in total. The first kappa shape index (κ1) is 14.1. The van der Waals surface area contributed by atoms with Crippen molar-refractivity contribution >= 4 is 5.90 Å². The highest BCUT2D eigenvalue weighted by molar-refractivity contribution is 5.95. The molecular weight excluding hydrogens is 238 g/mol. The molecule has 1 heterocycles. The molecule has 0 spiro atoms. The minimum Gasteiger partial charge on any atom is -0.475 e. The van der Waals surface area contributed by atoms with Crippen LogP contribution in [-0.4, -0.2) is 29.8 Å². The lowest BCUT2D eigenvalue weighted by Crippen LogP contribution is -2.23. The Bertz CT molecular complexity index is 515. The number of hydrogen-bond donors (Lipinski definition) is 1. The minimum atomic E-state index is -0.255. The fourth-order valence-corrected chi connectivity index (χ4v) is 2.30. The molecule has 0 atom stereocenters. The Labute approximate surface area is 115 Å². The van der Waals surface area contributed by atoms with Crippen molar-refractivity contribution < 1.29 is 9.84 Å². The van der Waals surface area contributed by atoms with Crippen molar-refractivity contribution in [2.75, 3.05) is 13.2 Å². The highest BCUT2D eigenvalue weighted by Crippen LogP contribution is 2.28. The zero-order valence-corrected chi connectivity index (χ0v) is 12.4. The molecule has 1 aliphatic rings. The maximum absolute atomic E-state index is 9.55. The van der Waals surface area contributed by atoms with Crippen LogP contribution in [0.1, 0.15) is 44.4 Å². The average Bonchev–Trinajstić information content (AvgIpc) is 2.70. The van der Waals surface area contributed by atoms with Gasteiger partial charge in [0.2, 0.25) is 5.90 Å². The molecule has 1 N–H and O–H groups in total. The van der Waals surface area contributed by atoms with Gasteiger partial charge in [0, 0.05) is 11.0 Å². The number of rotatable bonds is 3. The SMILES string of the molecule is Cc1ccc(C2=NC(C)(C)CO2)cc1C(C)(C)CO. The summed E-state index contributed by atoms with van der Waals surface area (Å²) in [6.45, 7) is 11.0. The fourth-order valence-electron chi connectivity index (χ4n) is 2.30. The van der Waals surface area contributed by atoms with Crippen LogP contribution >= 0.6 is 0 Å². The number of aliphatic hydroxyl groups excluding tert-OH is 1. The first-order valence-electron chi connectivity index (χ1n) is 6.70. The van der Waals surface area contributed by atoms with Gasteiger partial charge in [0.05, 0.1) is 12.1 Å². The number of aryl methyl sites for hydroxylation is 1. The molecule has 1 aliphatic heterocycles. The van der Waals surface area contributed by atoms with E-state index in [1.54, 1.807) is 0 Å². The largest absolute Gasteiger partial charge is 0.475 e. The maximum Gasteiger partial charge on any atom is 0.216 e. The molecular formula is C16H23NO2. The summed E-state index contributed by atoms with van der Waals surface area (Å²) in [4.78, 5) is 4.60. The number of nitrogens with zero attached hydrogens (tertiary/aromatic N) is 1. The standard InChI is InChI=1S/C16H23NO2/c1-11-6-7-12(8-13(11)15(2,3)9-18)14-17-16(4,5)10-19-14/h6-8,18H,9-10H2,1-5H3. The number of aliphatic hydroxyl groups is 1. The lowest BCUT2D eigenvalue weighted by atomic mass is 9.82. The van der Waals surface area contributed by atoms with Gasteiger partial charge < -0.3 is 9.84 Å². The van der Waals surface area contributed by atoms with Gasteiger partial charge in [-0.25, -0.2) is 4.99 Å². The molecule has 0 bridgehead atoms. The Balaban J connectivity index is 2.43. The second-order valence-electron chi connectivity index (χ2n) is 6.59. The normalized spacial score (nSPS) is 18.1. The summed E-state index contributed by atoms with van der Waals surface area (Å²) >= 11 is 0. The van der Waals surface area contributed by atoms with Crippen LogP contribution in [0.15, 0.2) is 23.2 Å². The van der Waals surface area contributed by atoms with Gasteiger partial charge in [0.15, 0.2) is 0 Å². The van der Waals surface area contributed by atoms with Crippen LogP contribution in [0.4, 0.5) is 0 Å². The molecule has 19 heavy (non-hydrogen) atoms. The predicted molar refractivity (Wildman–Crippen MR) is 77.9 cm³/mol. The summed E-state index contributed by atoms with van der Waals surface area (Å²) < 4.78 is 5.68. The van der Waals surface area contributed by atoms with E-state index in [-0.39, 0.29) is 17.6 Å². The first-order valence-corrected chi connectivity index (χ1v) is 6.70. The molecule has 2 rings (SSSR count). The molecule has 0 amide bonds. The van der Waals surface area contributed by atoms with Crippen LogP contribution in [0.25, 0.3) is 0 Å². The van der Waals surface area contributed by atoms with E-state index < -0.39 is 0 Å². The maximum atomic E-state index is 9.55. The van der Waals surface area contributed by atoms with Gasteiger partial charge in [0.1, 0.15) is 6.61 Å². The van der Waals surface area contributed by atoms with Gasteiger partial charge in [-0.05, 0) is 44.0 Å². The highest BCUT2D eigenvalue weighted by Gasteiger charge is 2.28. The lowest BCUT2D eigenvalue weighted by molar-refractivity contribution is 0.218. The van der Waals surface area contributed by atoms with Crippen LogP contribution in [0.5, 0.6) is 0 Å². The van der Waals surface area contributed by atoms with E-state index in [0.29, 0.717) is 12.5 Å². The van der Waals surface area contributed by atoms with Crippen molar-refractivity contribution in [3.63, 3.8) is 0 Å². The monoisotopic (exact) mass is 261 g/mol. The third kappa shape index (κ3) is 2.81. The molecule has 1 aromatic carbocycles. The third-order valence-electron chi connectivity index (χ3n) is 3.58. The van der Waals surface area contributed by atoms with Gasteiger partial charge in [-0.3, -0.25) is 0 Å². The molecule has 104 valence electrons. The summed E-state index contributed by atoms with van der Waals surface area (Å²) in [6.07, 6.45) is 0. The van der Waals surface area contributed by atoms with Crippen molar-refractivity contribution in [1.29, 1.82) is 0 Å². The number of hydrogen-bond acceptors (Lipinski definition) is 3. The van der Waals surface area contributed by atoms with Gasteiger partial charge in [-0.1, -0.05) is 19.9 Å². The number of aliphatic imine (C=N–C) groups is 1. The van der Waals surface area contributed by atoms with E-state index in [4.69, 9.17) is 4.74 Å². The Hall–Kier alpha value is -1.35. The zero-order valence-electron chi connectivity index (χ0n) is 12.4. The van der Waals surface area contributed by atoms with Crippen molar-refractivity contribution in [2.45, 2.75) is 45.6 Å². The molecule has 0 radical (unpaired) electrons. The van der Waals surface area contributed by atoms with E-state index in [0.717, 1.165) is 11.1 Å². The smallest absolute Gasteiger partial charge is 0.216 e. The molecule has 0 aliphatic carbocycles. The van der Waals surface area contributed by atoms with Gasteiger partial charge in [-0.15, -0.1) is 0 Å². The summed E-state index contributed by atoms with van der Waals surface area (Å²) in [6, 6.07) is 6.19. The van der Waals surface area contributed by atoms with Crippen LogP contribution in [0.2, 0.25) is 0 Å². The van der Waals surface area contributed by atoms with Crippen LogP contribution in [0.3, 0.4) is 0 Å². The Morgan fingerprint density at radius 2 is 2.05 bits per heavy atom. The van der Waals surface area contributed by atoms with Gasteiger partial charge in [0.25, 0.3) is 0 Å². The Kier molecular flexibility index (Phi) is 3.43. The highest BCUT2D eigenvalue weighted by atomic mass is 16.5. The van der Waals surface area contributed by atoms with Gasteiger partial charge in [-0.2, -0.15) is 0 Å². The average molecular weight is 261 g/mol. The summed E-state index contributed by atoms with van der Waals surface area (Å²) in [5, 5.41) is 9.55. The Morgan fingerprint density at radius 3 is 2.58 bits per heavy atom. The topological polar surface area (TPSA) is 41.8 Å². The lowest BCUT2D eigenvalue weighted by Gasteiger charge is -2.25. The van der Waals surface area contributed by atoms with Crippen LogP contribution < -0.4 is 0 Å². The van der Waals surface area contributed by atoms with Crippen LogP contribution in [0, 0.1) is 6.92 Å². The molecule has 1 aromatic rings. The molecule has 0 saturated carbocycles. The minimum absolute atomic E-state index is 0.121. The van der Waals surface area contributed by atoms with E-state index >= 15 is 0 Å². The van der Waals surface area contributed by atoms with Crippen molar-refractivity contribution in [1.82, 2.24) is 0 Å². The second kappa shape index (κ2) is 4.64. The van der Waals surface area contributed by atoms with Crippen molar-refractivity contribution in [3.8, 4) is 0 Å². The predicted octanol–water partition coefficient (Wildman–Crippen LogP) is 2.82. The van der Waals surface area contributed by atoms with Crippen molar-refractivity contribution in [3.05, 3.63) is 34.9 Å². The summed E-state index contributed by atoms with van der Waals surface area (Å²) in [5.41, 5.74) is 2.92. The second-order valence-corrected chi connectivity index (χ2v) is 6.59. The van der Waals surface area contributed by atoms with Gasteiger partial charge >= 0.3 is 0 Å². The fraction of sp³-hybridized carbons (Fsp3) is 0.562. The third-order valence-corrected chi connectivity index (χ3v) is 3.58.